The Morgan fingerprint density at radius 3 is 2.94 bits per heavy atom. The maximum absolute atomic E-state index is 5.66. The lowest BCUT2D eigenvalue weighted by atomic mass is 10.4. The van der Waals surface area contributed by atoms with Crippen LogP contribution in [0, 0.1) is 0 Å². The van der Waals surface area contributed by atoms with E-state index in [9.17, 15) is 0 Å². The molecule has 4 nitrogen and oxygen atoms in total. The molecule has 0 fully saturated rings. The van der Waals surface area contributed by atoms with Crippen LogP contribution < -0.4 is 0 Å². The third-order valence-electron chi connectivity index (χ3n) is 2.61. The van der Waals surface area contributed by atoms with Gasteiger partial charge in [-0.05, 0) is 18.2 Å². The van der Waals surface area contributed by atoms with Crippen molar-refractivity contribution in [2.75, 3.05) is 6.61 Å². The Labute approximate surface area is 103 Å². The summed E-state index contributed by atoms with van der Waals surface area (Å²) < 4.78 is 7.46. The highest BCUT2D eigenvalue weighted by molar-refractivity contribution is 6.76. The third-order valence-corrected chi connectivity index (χ3v) is 4.31. The van der Waals surface area contributed by atoms with E-state index in [0.717, 1.165) is 17.6 Å². The predicted molar refractivity (Wildman–Crippen MR) is 71.6 cm³/mol. The lowest BCUT2D eigenvalue weighted by Crippen LogP contribution is -2.22. The van der Waals surface area contributed by atoms with Gasteiger partial charge in [0.2, 0.25) is 0 Å². The second-order valence-corrected chi connectivity index (χ2v) is 11.0. The first-order chi connectivity index (χ1) is 8.06. The summed E-state index contributed by atoms with van der Waals surface area (Å²) >= 11 is 0. The average molecular weight is 249 g/mol. The van der Waals surface area contributed by atoms with Crippen LogP contribution in [0.1, 0.15) is 0 Å². The predicted octanol–water partition coefficient (Wildman–Crippen LogP) is 2.74. The molecule has 0 unspecified atom stereocenters. The number of pyridine rings is 1. The summed E-state index contributed by atoms with van der Waals surface area (Å²) in [5.41, 5.74) is 0.889. The molecule has 0 saturated carbocycles. The van der Waals surface area contributed by atoms with Crippen molar-refractivity contribution in [1.82, 2.24) is 14.8 Å². The van der Waals surface area contributed by atoms with Gasteiger partial charge in [-0.25, -0.2) is 9.67 Å². The molecule has 5 heteroatoms. The molecule has 0 amide bonds. The number of aromatic nitrogens is 3. The van der Waals surface area contributed by atoms with Crippen molar-refractivity contribution in [2.24, 2.45) is 0 Å². The molecule has 0 aliphatic carbocycles. The smallest absolute Gasteiger partial charge is 0.160 e. The quantitative estimate of drug-likeness (QED) is 0.604. The number of nitrogens with zero attached hydrogens (tertiary/aromatic N) is 3. The molecule has 0 atom stereocenters. The van der Waals surface area contributed by atoms with Gasteiger partial charge in [0.05, 0.1) is 6.20 Å². The molecule has 2 heterocycles. The molecular formula is C12H19N3OSi. The van der Waals surface area contributed by atoms with E-state index >= 15 is 0 Å². The molecule has 0 bridgehead atoms. The fourth-order valence-electron chi connectivity index (χ4n) is 1.54. The normalized spacial score (nSPS) is 12.2. The van der Waals surface area contributed by atoms with E-state index in [4.69, 9.17) is 4.74 Å². The van der Waals surface area contributed by atoms with E-state index in [1.54, 1.807) is 10.9 Å². The summed E-state index contributed by atoms with van der Waals surface area (Å²) in [7, 11) is -1.00. The van der Waals surface area contributed by atoms with Crippen molar-refractivity contribution < 1.29 is 4.74 Å². The van der Waals surface area contributed by atoms with Crippen molar-refractivity contribution in [1.29, 1.82) is 0 Å². The fraction of sp³-hybridized carbons (Fsp3) is 0.500. The molecule has 0 saturated heterocycles. The van der Waals surface area contributed by atoms with Crippen molar-refractivity contribution in [2.45, 2.75) is 32.4 Å². The van der Waals surface area contributed by atoms with Gasteiger partial charge < -0.3 is 4.74 Å². The highest BCUT2D eigenvalue weighted by atomic mass is 28.3. The number of rotatable bonds is 5. The van der Waals surface area contributed by atoms with Gasteiger partial charge in [0.15, 0.2) is 5.65 Å². The van der Waals surface area contributed by atoms with Crippen LogP contribution in [0.4, 0.5) is 0 Å². The van der Waals surface area contributed by atoms with Gasteiger partial charge in [-0.2, -0.15) is 5.10 Å². The molecule has 2 rings (SSSR count). The van der Waals surface area contributed by atoms with Gasteiger partial charge in [0.1, 0.15) is 6.73 Å². The zero-order valence-corrected chi connectivity index (χ0v) is 11.7. The van der Waals surface area contributed by atoms with E-state index in [1.807, 2.05) is 18.3 Å². The molecular weight excluding hydrogens is 230 g/mol. The van der Waals surface area contributed by atoms with Gasteiger partial charge in [-0.1, -0.05) is 19.6 Å². The standard InChI is InChI=1S/C12H19N3OSi/c1-17(2,3)8-7-16-10-15-12-11(9-14-15)5-4-6-13-12/h4-6,9H,7-8,10H2,1-3H3. The summed E-state index contributed by atoms with van der Waals surface area (Å²) in [6, 6.07) is 5.11. The van der Waals surface area contributed by atoms with Crippen LogP contribution in [0.25, 0.3) is 11.0 Å². The van der Waals surface area contributed by atoms with Crippen molar-refractivity contribution in [3.63, 3.8) is 0 Å². The van der Waals surface area contributed by atoms with Crippen LogP contribution in [0.15, 0.2) is 24.5 Å². The van der Waals surface area contributed by atoms with Crippen LogP contribution in [-0.4, -0.2) is 29.4 Å². The second kappa shape index (κ2) is 4.97. The molecule has 0 aliphatic rings. The SMILES string of the molecule is C[Si](C)(C)CCOCn1ncc2cccnc21. The number of fused-ring (bicyclic) bond motifs is 1. The Balaban J connectivity index is 1.91. The maximum Gasteiger partial charge on any atom is 0.160 e. The van der Waals surface area contributed by atoms with Gasteiger partial charge in [0.25, 0.3) is 0 Å². The van der Waals surface area contributed by atoms with E-state index < -0.39 is 8.07 Å². The molecule has 2 aromatic rings. The van der Waals surface area contributed by atoms with Gasteiger partial charge in [0, 0.05) is 26.3 Å². The van der Waals surface area contributed by atoms with Crippen molar-refractivity contribution >= 4 is 19.1 Å². The lowest BCUT2D eigenvalue weighted by Gasteiger charge is -2.15. The molecule has 0 N–H and O–H groups in total. The van der Waals surface area contributed by atoms with Gasteiger partial charge in [-0.3, -0.25) is 0 Å². The largest absolute Gasteiger partial charge is 0.359 e. The minimum atomic E-state index is -1.00. The highest BCUT2D eigenvalue weighted by Crippen LogP contribution is 2.11. The first-order valence-electron chi connectivity index (χ1n) is 5.90. The van der Waals surface area contributed by atoms with E-state index in [0.29, 0.717) is 6.73 Å². The molecule has 17 heavy (non-hydrogen) atoms. The van der Waals surface area contributed by atoms with Crippen LogP contribution in [0.5, 0.6) is 0 Å². The van der Waals surface area contributed by atoms with Crippen LogP contribution in [0.3, 0.4) is 0 Å². The van der Waals surface area contributed by atoms with Crippen LogP contribution >= 0.6 is 0 Å². The Kier molecular flexibility index (Phi) is 3.59. The fourth-order valence-corrected chi connectivity index (χ4v) is 2.29. The Bertz CT molecular complexity index is 490. The van der Waals surface area contributed by atoms with E-state index in [-0.39, 0.29) is 0 Å². The molecule has 0 aliphatic heterocycles. The van der Waals surface area contributed by atoms with Gasteiger partial charge in [-0.15, -0.1) is 0 Å². The molecule has 0 radical (unpaired) electrons. The summed E-state index contributed by atoms with van der Waals surface area (Å²) in [6.07, 6.45) is 3.60. The summed E-state index contributed by atoms with van der Waals surface area (Å²) in [5, 5.41) is 5.33. The summed E-state index contributed by atoms with van der Waals surface area (Å²) in [6.45, 7) is 8.35. The Hall–Kier alpha value is -1.20. The van der Waals surface area contributed by atoms with Gasteiger partial charge >= 0.3 is 0 Å². The van der Waals surface area contributed by atoms with Crippen LogP contribution in [0.2, 0.25) is 25.7 Å². The molecule has 2 aromatic heterocycles. The third kappa shape index (κ3) is 3.37. The number of ether oxygens (including phenoxy) is 1. The summed E-state index contributed by atoms with van der Waals surface area (Å²) in [4.78, 5) is 4.30. The first kappa shape index (κ1) is 12.3. The lowest BCUT2D eigenvalue weighted by molar-refractivity contribution is 0.0813. The Morgan fingerprint density at radius 2 is 2.18 bits per heavy atom. The second-order valence-electron chi connectivity index (χ2n) is 5.41. The zero-order valence-electron chi connectivity index (χ0n) is 10.7. The van der Waals surface area contributed by atoms with Crippen molar-refractivity contribution in [3.05, 3.63) is 24.5 Å². The topological polar surface area (TPSA) is 39.9 Å². The maximum atomic E-state index is 5.66. The minimum absolute atomic E-state index is 0.491. The minimum Gasteiger partial charge on any atom is -0.359 e. The average Bonchev–Trinajstić information content (AvgIpc) is 2.67. The van der Waals surface area contributed by atoms with Crippen LogP contribution in [-0.2, 0) is 11.5 Å². The zero-order chi connectivity index (χ0) is 12.3. The van der Waals surface area contributed by atoms with Crippen molar-refractivity contribution in [3.8, 4) is 0 Å². The summed E-state index contributed by atoms with van der Waals surface area (Å²) in [5.74, 6) is 0. The highest BCUT2D eigenvalue weighted by Gasteiger charge is 2.12. The number of hydrogen-bond donors (Lipinski definition) is 0. The number of hydrogen-bond acceptors (Lipinski definition) is 3. The monoisotopic (exact) mass is 249 g/mol. The van der Waals surface area contributed by atoms with E-state index in [1.165, 1.54) is 6.04 Å². The van der Waals surface area contributed by atoms with E-state index in [2.05, 4.69) is 29.7 Å². The molecule has 0 spiro atoms. The first-order valence-corrected chi connectivity index (χ1v) is 9.61. The molecule has 0 aromatic carbocycles. The Morgan fingerprint density at radius 1 is 1.35 bits per heavy atom. The molecule has 92 valence electrons.